The number of rotatable bonds is 6. The van der Waals surface area contributed by atoms with Gasteiger partial charge in [-0.1, -0.05) is 0 Å². The van der Waals surface area contributed by atoms with Gasteiger partial charge in [0.1, 0.15) is 4.90 Å². The number of anilines is 2. The minimum Gasteiger partial charge on any atom is -0.398 e. The van der Waals surface area contributed by atoms with Crippen LogP contribution in [-0.2, 0) is 10.0 Å². The summed E-state index contributed by atoms with van der Waals surface area (Å²) in [7, 11) is -1.63. The normalized spacial score (nSPS) is 17.2. The van der Waals surface area contributed by atoms with Crippen LogP contribution in [0.25, 0.3) is 0 Å². The van der Waals surface area contributed by atoms with Gasteiger partial charge in [-0.15, -0.1) is 0 Å². The summed E-state index contributed by atoms with van der Waals surface area (Å²) in [5.74, 6) is 0. The molecule has 1 saturated carbocycles. The average Bonchev–Trinajstić information content (AvgIpc) is 3.17. The van der Waals surface area contributed by atoms with Crippen molar-refractivity contribution in [1.82, 2.24) is 4.90 Å². The van der Waals surface area contributed by atoms with E-state index in [0.717, 1.165) is 12.2 Å². The van der Waals surface area contributed by atoms with Crippen LogP contribution in [0.1, 0.15) is 19.8 Å². The summed E-state index contributed by atoms with van der Waals surface area (Å²) in [5.41, 5.74) is 6.69. The van der Waals surface area contributed by atoms with Crippen LogP contribution >= 0.6 is 0 Å². The zero-order chi connectivity index (χ0) is 14.9. The molecule has 1 unspecified atom stereocenters. The highest BCUT2D eigenvalue weighted by Gasteiger charge is 2.28. The van der Waals surface area contributed by atoms with Gasteiger partial charge in [-0.3, -0.25) is 4.90 Å². The van der Waals surface area contributed by atoms with Gasteiger partial charge in [-0.25, -0.2) is 13.6 Å². The maximum absolute atomic E-state index is 11.3. The topological polar surface area (TPSA) is 101 Å². The van der Waals surface area contributed by atoms with E-state index in [2.05, 4.69) is 24.2 Å². The van der Waals surface area contributed by atoms with Gasteiger partial charge in [0.05, 0.1) is 5.69 Å². The highest BCUT2D eigenvalue weighted by Crippen LogP contribution is 2.27. The molecule has 0 saturated heterocycles. The second kappa shape index (κ2) is 5.59. The summed E-state index contributed by atoms with van der Waals surface area (Å²) < 4.78 is 22.5. The fourth-order valence-corrected chi connectivity index (χ4v) is 2.81. The third kappa shape index (κ3) is 3.62. The van der Waals surface area contributed by atoms with Crippen LogP contribution < -0.4 is 16.2 Å². The molecule has 1 aromatic rings. The van der Waals surface area contributed by atoms with Gasteiger partial charge in [-0.2, -0.15) is 0 Å². The molecule has 7 heteroatoms. The first kappa shape index (κ1) is 15.1. The summed E-state index contributed by atoms with van der Waals surface area (Å²) in [4.78, 5) is 2.32. The molecule has 1 fully saturated rings. The summed E-state index contributed by atoms with van der Waals surface area (Å²) in [6.45, 7) is 2.94. The smallest absolute Gasteiger partial charge is 0.240 e. The minimum atomic E-state index is -3.76. The van der Waals surface area contributed by atoms with Crippen molar-refractivity contribution in [2.24, 2.45) is 5.14 Å². The predicted molar refractivity (Wildman–Crippen MR) is 81.0 cm³/mol. The first-order valence-corrected chi connectivity index (χ1v) is 8.22. The number of nitrogens with two attached hydrogens (primary N) is 2. The van der Waals surface area contributed by atoms with Gasteiger partial charge in [0, 0.05) is 24.3 Å². The van der Waals surface area contributed by atoms with Crippen molar-refractivity contribution in [2.45, 2.75) is 36.7 Å². The Kier molecular flexibility index (Phi) is 4.22. The Bertz CT molecular complexity index is 584. The van der Waals surface area contributed by atoms with E-state index in [0.29, 0.717) is 12.1 Å². The third-order valence-electron chi connectivity index (χ3n) is 3.74. The number of nitrogens with one attached hydrogen (secondary N) is 1. The lowest BCUT2D eigenvalue weighted by Crippen LogP contribution is -2.36. The number of primary sulfonamides is 1. The molecular formula is C13H22N4O2S. The number of sulfonamides is 1. The number of nitrogen functional groups attached to an aromatic ring is 1. The fourth-order valence-electron chi connectivity index (χ4n) is 2.17. The van der Waals surface area contributed by atoms with Crippen molar-refractivity contribution in [1.29, 1.82) is 0 Å². The SMILES string of the molecule is CC(CNc1ccc(S(N)(=O)=O)c(N)c1)N(C)C1CC1. The first-order valence-electron chi connectivity index (χ1n) is 6.67. The van der Waals surface area contributed by atoms with Crippen molar-refractivity contribution in [3.8, 4) is 0 Å². The summed E-state index contributed by atoms with van der Waals surface area (Å²) in [6, 6.07) is 5.83. The Hall–Kier alpha value is -1.31. The second-order valence-corrected chi connectivity index (χ2v) is 6.95. The first-order chi connectivity index (χ1) is 9.29. The molecule has 0 spiro atoms. The van der Waals surface area contributed by atoms with Crippen LogP contribution in [0.4, 0.5) is 11.4 Å². The van der Waals surface area contributed by atoms with Crippen LogP contribution in [0.3, 0.4) is 0 Å². The van der Waals surface area contributed by atoms with Crippen LogP contribution in [-0.4, -0.2) is 39.0 Å². The lowest BCUT2D eigenvalue weighted by molar-refractivity contribution is 0.257. The Balaban J connectivity index is 1.98. The van der Waals surface area contributed by atoms with Gasteiger partial charge in [0.25, 0.3) is 0 Å². The van der Waals surface area contributed by atoms with Crippen LogP contribution in [0.15, 0.2) is 23.1 Å². The van der Waals surface area contributed by atoms with E-state index in [1.165, 1.54) is 18.9 Å². The Labute approximate surface area is 120 Å². The molecule has 0 heterocycles. The Morgan fingerprint density at radius 3 is 2.60 bits per heavy atom. The molecular weight excluding hydrogens is 276 g/mol. The lowest BCUT2D eigenvalue weighted by Gasteiger charge is -2.25. The van der Waals surface area contributed by atoms with Crippen LogP contribution in [0, 0.1) is 0 Å². The standard InChI is InChI=1S/C13H22N4O2S/c1-9(17(2)11-4-5-11)8-16-10-3-6-13(12(14)7-10)20(15,18)19/h3,6-7,9,11,16H,4-5,8,14H2,1-2H3,(H2,15,18,19). The quantitative estimate of drug-likeness (QED) is 0.675. The summed E-state index contributed by atoms with van der Waals surface area (Å²) >= 11 is 0. The Morgan fingerprint density at radius 1 is 1.45 bits per heavy atom. The molecule has 0 amide bonds. The highest BCUT2D eigenvalue weighted by atomic mass is 32.2. The third-order valence-corrected chi connectivity index (χ3v) is 4.72. The zero-order valence-electron chi connectivity index (χ0n) is 11.8. The molecule has 1 aromatic carbocycles. The number of nitrogens with zero attached hydrogens (tertiary/aromatic N) is 1. The highest BCUT2D eigenvalue weighted by molar-refractivity contribution is 7.89. The van der Waals surface area contributed by atoms with Crippen LogP contribution in [0.5, 0.6) is 0 Å². The van der Waals surface area contributed by atoms with Gasteiger partial charge >= 0.3 is 0 Å². The van der Waals surface area contributed by atoms with Gasteiger partial charge < -0.3 is 11.1 Å². The van der Waals surface area contributed by atoms with Crippen LogP contribution in [0.2, 0.25) is 0 Å². The molecule has 2 rings (SSSR count). The molecule has 0 aliphatic heterocycles. The summed E-state index contributed by atoms with van der Waals surface area (Å²) in [5, 5.41) is 8.35. The number of hydrogen-bond acceptors (Lipinski definition) is 5. The molecule has 0 radical (unpaired) electrons. The molecule has 0 bridgehead atoms. The fraction of sp³-hybridized carbons (Fsp3) is 0.538. The lowest BCUT2D eigenvalue weighted by atomic mass is 10.2. The number of hydrogen-bond donors (Lipinski definition) is 3. The van der Waals surface area contributed by atoms with Crippen molar-refractivity contribution in [3.05, 3.63) is 18.2 Å². The van der Waals surface area contributed by atoms with E-state index in [9.17, 15) is 8.42 Å². The minimum absolute atomic E-state index is 0.0359. The zero-order valence-corrected chi connectivity index (χ0v) is 12.7. The van der Waals surface area contributed by atoms with Gasteiger partial charge in [0.2, 0.25) is 10.0 Å². The van der Waals surface area contributed by atoms with Crippen molar-refractivity contribution in [2.75, 3.05) is 24.6 Å². The van der Waals surface area contributed by atoms with Gasteiger partial charge in [0.15, 0.2) is 0 Å². The predicted octanol–water partition coefficient (Wildman–Crippen LogP) is 0.811. The average molecular weight is 298 g/mol. The van der Waals surface area contributed by atoms with Crippen molar-refractivity contribution in [3.63, 3.8) is 0 Å². The van der Waals surface area contributed by atoms with E-state index >= 15 is 0 Å². The van der Waals surface area contributed by atoms with Crippen molar-refractivity contribution >= 4 is 21.4 Å². The molecule has 20 heavy (non-hydrogen) atoms. The van der Waals surface area contributed by atoms with E-state index in [1.54, 1.807) is 12.1 Å². The maximum Gasteiger partial charge on any atom is 0.240 e. The molecule has 6 nitrogen and oxygen atoms in total. The maximum atomic E-state index is 11.3. The summed E-state index contributed by atoms with van der Waals surface area (Å²) in [6.07, 6.45) is 2.55. The Morgan fingerprint density at radius 2 is 2.10 bits per heavy atom. The second-order valence-electron chi connectivity index (χ2n) is 5.42. The van der Waals surface area contributed by atoms with E-state index in [-0.39, 0.29) is 10.6 Å². The number of benzene rings is 1. The van der Waals surface area contributed by atoms with E-state index < -0.39 is 10.0 Å². The molecule has 0 aromatic heterocycles. The molecule has 1 aliphatic carbocycles. The largest absolute Gasteiger partial charge is 0.398 e. The van der Waals surface area contributed by atoms with E-state index in [1.807, 2.05) is 0 Å². The molecule has 5 N–H and O–H groups in total. The van der Waals surface area contributed by atoms with Gasteiger partial charge in [-0.05, 0) is 45.0 Å². The molecule has 1 aliphatic rings. The van der Waals surface area contributed by atoms with E-state index in [4.69, 9.17) is 10.9 Å². The number of likely N-dealkylation sites (N-methyl/N-ethyl adjacent to an activating group) is 1. The molecule has 112 valence electrons. The monoisotopic (exact) mass is 298 g/mol. The molecule has 1 atom stereocenters. The van der Waals surface area contributed by atoms with Crippen molar-refractivity contribution < 1.29 is 8.42 Å².